The van der Waals surface area contributed by atoms with Gasteiger partial charge in [0, 0.05) is 37.7 Å². The molecular formula is C22H24N2O4. The highest BCUT2D eigenvalue weighted by molar-refractivity contribution is 6.02. The Hall–Kier alpha value is -2.99. The fraction of sp³-hybridized carbons (Fsp3) is 0.318. The number of rotatable bonds is 5. The van der Waals surface area contributed by atoms with Crippen molar-refractivity contribution in [1.82, 2.24) is 0 Å². The van der Waals surface area contributed by atoms with Crippen molar-refractivity contribution in [3.63, 3.8) is 0 Å². The van der Waals surface area contributed by atoms with Crippen LogP contribution in [0.25, 0.3) is 6.08 Å². The highest BCUT2D eigenvalue weighted by atomic mass is 16.7. The van der Waals surface area contributed by atoms with Gasteiger partial charge < -0.3 is 24.4 Å². The number of fused-ring (bicyclic) bond motifs is 1. The van der Waals surface area contributed by atoms with Gasteiger partial charge >= 0.3 is 0 Å². The molecule has 2 aromatic rings. The lowest BCUT2D eigenvalue weighted by atomic mass is 10.1. The van der Waals surface area contributed by atoms with E-state index in [9.17, 15) is 4.79 Å². The normalized spacial score (nSPS) is 18.5. The van der Waals surface area contributed by atoms with Crippen molar-refractivity contribution in [3.8, 4) is 11.5 Å². The van der Waals surface area contributed by atoms with E-state index in [1.807, 2.05) is 42.5 Å². The van der Waals surface area contributed by atoms with Crippen molar-refractivity contribution in [2.24, 2.45) is 0 Å². The number of piperidine rings is 1. The van der Waals surface area contributed by atoms with Crippen LogP contribution < -0.4 is 19.7 Å². The van der Waals surface area contributed by atoms with Crippen LogP contribution in [0.3, 0.4) is 0 Å². The highest BCUT2D eigenvalue weighted by Crippen LogP contribution is 2.32. The van der Waals surface area contributed by atoms with Crippen LogP contribution in [0.2, 0.25) is 0 Å². The highest BCUT2D eigenvalue weighted by Gasteiger charge is 2.19. The molecule has 6 heteroatoms. The van der Waals surface area contributed by atoms with Crippen LogP contribution in [0.5, 0.6) is 11.5 Å². The van der Waals surface area contributed by atoms with Crippen LogP contribution >= 0.6 is 0 Å². The van der Waals surface area contributed by atoms with E-state index in [0.717, 1.165) is 48.6 Å². The van der Waals surface area contributed by atoms with Gasteiger partial charge in [0.15, 0.2) is 11.5 Å². The molecule has 1 saturated heterocycles. The second-order valence-corrected chi connectivity index (χ2v) is 6.93. The fourth-order valence-electron chi connectivity index (χ4n) is 3.49. The van der Waals surface area contributed by atoms with E-state index in [0.29, 0.717) is 5.75 Å². The first-order valence-electron chi connectivity index (χ1n) is 9.48. The van der Waals surface area contributed by atoms with Gasteiger partial charge in [-0.3, -0.25) is 4.79 Å². The molecule has 0 radical (unpaired) electrons. The number of ether oxygens (including phenoxy) is 3. The van der Waals surface area contributed by atoms with Crippen molar-refractivity contribution >= 4 is 23.4 Å². The van der Waals surface area contributed by atoms with E-state index in [4.69, 9.17) is 14.2 Å². The van der Waals surface area contributed by atoms with E-state index in [1.165, 1.54) is 6.08 Å². The quantitative estimate of drug-likeness (QED) is 0.802. The Labute approximate surface area is 164 Å². The zero-order valence-electron chi connectivity index (χ0n) is 15.9. The number of hydrogen-bond donors (Lipinski definition) is 1. The molecule has 1 N–H and O–H groups in total. The van der Waals surface area contributed by atoms with Crippen molar-refractivity contribution < 1.29 is 19.0 Å². The third-order valence-corrected chi connectivity index (χ3v) is 5.04. The number of anilines is 2. The SMILES string of the molecule is COC1CCCN(c2ccc(NC(=O)/C=C/c3ccc4c(c3)OCO4)cc2)C1. The number of hydrogen-bond acceptors (Lipinski definition) is 5. The summed E-state index contributed by atoms with van der Waals surface area (Å²) in [5, 5.41) is 2.89. The molecule has 2 aliphatic heterocycles. The zero-order chi connectivity index (χ0) is 19.3. The number of carbonyl (C=O) groups excluding carboxylic acids is 1. The van der Waals surface area contributed by atoms with Crippen LogP contribution in [0.1, 0.15) is 18.4 Å². The van der Waals surface area contributed by atoms with Crippen molar-refractivity contribution in [2.45, 2.75) is 18.9 Å². The maximum Gasteiger partial charge on any atom is 0.248 e. The van der Waals surface area contributed by atoms with Gasteiger partial charge in [-0.05, 0) is 60.9 Å². The minimum atomic E-state index is -0.178. The van der Waals surface area contributed by atoms with Crippen LogP contribution in [-0.4, -0.2) is 39.0 Å². The van der Waals surface area contributed by atoms with Gasteiger partial charge in [-0.25, -0.2) is 0 Å². The molecule has 1 fully saturated rings. The largest absolute Gasteiger partial charge is 0.454 e. The Bertz CT molecular complexity index is 863. The summed E-state index contributed by atoms with van der Waals surface area (Å²) in [6.07, 6.45) is 5.79. The number of nitrogens with one attached hydrogen (secondary N) is 1. The lowest BCUT2D eigenvalue weighted by molar-refractivity contribution is -0.111. The molecule has 2 aromatic carbocycles. The summed E-state index contributed by atoms with van der Waals surface area (Å²) in [6, 6.07) is 13.5. The maximum absolute atomic E-state index is 12.2. The van der Waals surface area contributed by atoms with Gasteiger partial charge in [-0.2, -0.15) is 0 Å². The topological polar surface area (TPSA) is 60.0 Å². The monoisotopic (exact) mass is 380 g/mol. The molecule has 1 atom stereocenters. The van der Waals surface area contributed by atoms with Gasteiger partial charge in [0.1, 0.15) is 0 Å². The van der Waals surface area contributed by atoms with Crippen molar-refractivity contribution in [3.05, 3.63) is 54.1 Å². The smallest absolute Gasteiger partial charge is 0.248 e. The molecule has 1 unspecified atom stereocenters. The molecule has 146 valence electrons. The summed E-state index contributed by atoms with van der Waals surface area (Å²) < 4.78 is 16.1. The molecule has 0 spiro atoms. The Morgan fingerprint density at radius 3 is 2.82 bits per heavy atom. The average molecular weight is 380 g/mol. The second-order valence-electron chi connectivity index (χ2n) is 6.93. The summed E-state index contributed by atoms with van der Waals surface area (Å²) >= 11 is 0. The molecule has 0 aliphatic carbocycles. The number of methoxy groups -OCH3 is 1. The van der Waals surface area contributed by atoms with Crippen molar-refractivity contribution in [1.29, 1.82) is 0 Å². The predicted octanol–water partition coefficient (Wildman–Crippen LogP) is 3.68. The first-order chi connectivity index (χ1) is 13.7. The first-order valence-corrected chi connectivity index (χ1v) is 9.48. The minimum absolute atomic E-state index is 0.178. The molecule has 0 saturated carbocycles. The van der Waals surface area contributed by atoms with Gasteiger partial charge in [0.2, 0.25) is 12.7 Å². The summed E-state index contributed by atoms with van der Waals surface area (Å²) in [4.78, 5) is 14.5. The minimum Gasteiger partial charge on any atom is -0.454 e. The van der Waals surface area contributed by atoms with E-state index in [2.05, 4.69) is 10.2 Å². The second kappa shape index (κ2) is 8.35. The average Bonchev–Trinajstić information content (AvgIpc) is 3.21. The van der Waals surface area contributed by atoms with E-state index >= 15 is 0 Å². The summed E-state index contributed by atoms with van der Waals surface area (Å²) in [5.41, 5.74) is 2.80. The van der Waals surface area contributed by atoms with Gasteiger partial charge in [0.25, 0.3) is 0 Å². The lowest BCUT2D eigenvalue weighted by Gasteiger charge is -2.33. The predicted molar refractivity (Wildman–Crippen MR) is 109 cm³/mol. The molecule has 28 heavy (non-hydrogen) atoms. The Morgan fingerprint density at radius 1 is 1.18 bits per heavy atom. The van der Waals surface area contributed by atoms with E-state index in [-0.39, 0.29) is 18.8 Å². The summed E-state index contributed by atoms with van der Waals surface area (Å²) in [7, 11) is 1.77. The standard InChI is InChI=1S/C22H24N2O4/c1-26-19-3-2-12-24(14-19)18-8-6-17(7-9-18)23-22(25)11-5-16-4-10-20-21(13-16)28-15-27-20/h4-11,13,19H,2-3,12,14-15H2,1H3,(H,23,25)/b11-5+. The fourth-order valence-corrected chi connectivity index (χ4v) is 3.49. The molecule has 6 nitrogen and oxygen atoms in total. The number of carbonyl (C=O) groups is 1. The Kier molecular flexibility index (Phi) is 5.48. The molecule has 4 rings (SSSR count). The van der Waals surface area contributed by atoms with Crippen LogP contribution in [0.4, 0.5) is 11.4 Å². The third-order valence-electron chi connectivity index (χ3n) is 5.04. The maximum atomic E-state index is 12.2. The number of nitrogens with zero attached hydrogens (tertiary/aromatic N) is 1. The van der Waals surface area contributed by atoms with Crippen molar-refractivity contribution in [2.75, 3.05) is 37.2 Å². The van der Waals surface area contributed by atoms with Gasteiger partial charge in [-0.1, -0.05) is 6.07 Å². The van der Waals surface area contributed by atoms with E-state index < -0.39 is 0 Å². The molecule has 2 aliphatic rings. The molecule has 0 bridgehead atoms. The lowest BCUT2D eigenvalue weighted by Crippen LogP contribution is -2.39. The third kappa shape index (κ3) is 4.28. The van der Waals surface area contributed by atoms with Crippen LogP contribution in [0.15, 0.2) is 48.5 Å². The Morgan fingerprint density at radius 2 is 2.00 bits per heavy atom. The van der Waals surface area contributed by atoms with Gasteiger partial charge in [0.05, 0.1) is 6.10 Å². The molecule has 0 aromatic heterocycles. The number of amides is 1. The van der Waals surface area contributed by atoms with E-state index in [1.54, 1.807) is 13.2 Å². The molecule has 1 amide bonds. The van der Waals surface area contributed by atoms with Crippen LogP contribution in [-0.2, 0) is 9.53 Å². The first kappa shape index (κ1) is 18.4. The summed E-state index contributed by atoms with van der Waals surface area (Å²) in [5.74, 6) is 1.25. The zero-order valence-corrected chi connectivity index (χ0v) is 15.9. The Balaban J connectivity index is 1.34. The molecule has 2 heterocycles. The van der Waals surface area contributed by atoms with Gasteiger partial charge in [-0.15, -0.1) is 0 Å². The summed E-state index contributed by atoms with van der Waals surface area (Å²) in [6.45, 7) is 2.17. The van der Waals surface area contributed by atoms with Crippen LogP contribution in [0, 0.1) is 0 Å². The number of benzene rings is 2. The molecular weight excluding hydrogens is 356 g/mol.